The Morgan fingerprint density at radius 1 is 1.37 bits per heavy atom. The largest absolute Gasteiger partial charge is 0.493 e. The summed E-state index contributed by atoms with van der Waals surface area (Å²) in [5.41, 5.74) is 8.76. The average Bonchev–Trinajstić information content (AvgIpc) is 2.82. The minimum atomic E-state index is 0.157. The van der Waals surface area contributed by atoms with Gasteiger partial charge in [-0.2, -0.15) is 0 Å². The van der Waals surface area contributed by atoms with Gasteiger partial charge in [-0.25, -0.2) is 0 Å². The quantitative estimate of drug-likeness (QED) is 0.886. The highest BCUT2D eigenvalue weighted by atomic mass is 16.5. The first-order valence-electron chi connectivity index (χ1n) is 7.05. The fraction of sp³-hybridized carbons (Fsp3) is 0.625. The minimum absolute atomic E-state index is 0.157. The van der Waals surface area contributed by atoms with Gasteiger partial charge in [0, 0.05) is 12.5 Å². The van der Waals surface area contributed by atoms with Crippen LogP contribution in [0.1, 0.15) is 37.4 Å². The molecule has 106 valence electrons. The summed E-state index contributed by atoms with van der Waals surface area (Å²) in [7, 11) is 4.28. The maximum Gasteiger partial charge on any atom is 0.122 e. The van der Waals surface area contributed by atoms with E-state index in [4.69, 9.17) is 10.5 Å². The van der Waals surface area contributed by atoms with Crippen molar-refractivity contribution in [1.29, 1.82) is 0 Å². The molecule has 1 aliphatic heterocycles. The fourth-order valence-corrected chi connectivity index (χ4v) is 2.62. The molecule has 3 nitrogen and oxygen atoms in total. The molecule has 0 saturated heterocycles. The van der Waals surface area contributed by atoms with Crippen LogP contribution in [0.2, 0.25) is 0 Å². The van der Waals surface area contributed by atoms with Crippen molar-refractivity contribution in [2.24, 2.45) is 11.1 Å². The van der Waals surface area contributed by atoms with E-state index in [1.807, 2.05) is 0 Å². The zero-order valence-electron chi connectivity index (χ0n) is 12.6. The lowest BCUT2D eigenvalue weighted by Gasteiger charge is -2.33. The molecule has 1 unspecified atom stereocenters. The third-order valence-corrected chi connectivity index (χ3v) is 4.02. The van der Waals surface area contributed by atoms with E-state index in [1.54, 1.807) is 0 Å². The number of fused-ring (bicyclic) bond motifs is 1. The van der Waals surface area contributed by atoms with Crippen LogP contribution < -0.4 is 10.5 Å². The first-order valence-corrected chi connectivity index (χ1v) is 7.05. The van der Waals surface area contributed by atoms with Crippen molar-refractivity contribution in [1.82, 2.24) is 4.90 Å². The second-order valence-corrected chi connectivity index (χ2v) is 6.52. The zero-order chi connectivity index (χ0) is 14.0. The Bertz CT molecular complexity index is 440. The monoisotopic (exact) mass is 262 g/mol. The molecule has 0 aliphatic carbocycles. The topological polar surface area (TPSA) is 38.5 Å². The Hall–Kier alpha value is -1.06. The third kappa shape index (κ3) is 3.28. The summed E-state index contributed by atoms with van der Waals surface area (Å²) in [5, 5.41) is 0. The predicted octanol–water partition coefficient (Wildman–Crippen LogP) is 2.60. The average molecular weight is 262 g/mol. The van der Waals surface area contributed by atoms with Crippen molar-refractivity contribution < 1.29 is 4.74 Å². The van der Waals surface area contributed by atoms with Crippen LogP contribution in [0, 0.1) is 5.41 Å². The Labute approximate surface area is 116 Å². The summed E-state index contributed by atoms with van der Waals surface area (Å²) < 4.78 is 5.58. The highest BCUT2D eigenvalue weighted by Gasteiger charge is 2.25. The molecule has 0 bridgehead atoms. The van der Waals surface area contributed by atoms with E-state index in [1.165, 1.54) is 11.1 Å². The van der Waals surface area contributed by atoms with E-state index >= 15 is 0 Å². The van der Waals surface area contributed by atoms with Crippen molar-refractivity contribution in [3.63, 3.8) is 0 Å². The number of hydrogen-bond donors (Lipinski definition) is 1. The maximum absolute atomic E-state index is 5.88. The molecule has 0 saturated carbocycles. The van der Waals surface area contributed by atoms with Gasteiger partial charge < -0.3 is 15.4 Å². The van der Waals surface area contributed by atoms with Gasteiger partial charge in [0.25, 0.3) is 0 Å². The summed E-state index contributed by atoms with van der Waals surface area (Å²) >= 11 is 0. The van der Waals surface area contributed by atoms with Crippen LogP contribution in [-0.4, -0.2) is 32.1 Å². The van der Waals surface area contributed by atoms with Crippen molar-refractivity contribution in [3.8, 4) is 5.75 Å². The van der Waals surface area contributed by atoms with Crippen molar-refractivity contribution in [2.45, 2.75) is 32.7 Å². The van der Waals surface area contributed by atoms with Crippen LogP contribution >= 0.6 is 0 Å². The van der Waals surface area contributed by atoms with Crippen LogP contribution in [0.25, 0.3) is 0 Å². The predicted molar refractivity (Wildman–Crippen MR) is 79.5 cm³/mol. The molecule has 0 fully saturated rings. The smallest absolute Gasteiger partial charge is 0.122 e. The van der Waals surface area contributed by atoms with Gasteiger partial charge in [0.2, 0.25) is 0 Å². The van der Waals surface area contributed by atoms with Crippen molar-refractivity contribution >= 4 is 0 Å². The van der Waals surface area contributed by atoms with E-state index < -0.39 is 0 Å². The number of benzene rings is 1. The van der Waals surface area contributed by atoms with E-state index in [-0.39, 0.29) is 5.41 Å². The van der Waals surface area contributed by atoms with E-state index in [2.05, 4.69) is 51.0 Å². The summed E-state index contributed by atoms with van der Waals surface area (Å²) in [6, 6.07) is 7.02. The molecule has 1 aromatic rings. The minimum Gasteiger partial charge on any atom is -0.493 e. The molecule has 1 atom stereocenters. The Morgan fingerprint density at radius 2 is 2.11 bits per heavy atom. The molecule has 0 radical (unpaired) electrons. The molecule has 2 rings (SSSR count). The number of rotatable bonds is 5. The van der Waals surface area contributed by atoms with Gasteiger partial charge in [0.15, 0.2) is 0 Å². The van der Waals surface area contributed by atoms with Gasteiger partial charge in [-0.15, -0.1) is 0 Å². The second-order valence-electron chi connectivity index (χ2n) is 6.52. The number of hydrogen-bond acceptors (Lipinski definition) is 3. The molecule has 19 heavy (non-hydrogen) atoms. The van der Waals surface area contributed by atoms with Crippen LogP contribution in [0.3, 0.4) is 0 Å². The van der Waals surface area contributed by atoms with E-state index in [0.29, 0.717) is 12.6 Å². The Balaban J connectivity index is 2.24. The zero-order valence-corrected chi connectivity index (χ0v) is 12.6. The van der Waals surface area contributed by atoms with Crippen LogP contribution in [0.15, 0.2) is 18.2 Å². The number of ether oxygens (including phenoxy) is 1. The van der Waals surface area contributed by atoms with Gasteiger partial charge >= 0.3 is 0 Å². The van der Waals surface area contributed by atoms with Gasteiger partial charge in [-0.3, -0.25) is 0 Å². The Kier molecular flexibility index (Phi) is 4.16. The normalized spacial score (nSPS) is 16.3. The van der Waals surface area contributed by atoms with Gasteiger partial charge in [0.1, 0.15) is 5.75 Å². The Morgan fingerprint density at radius 3 is 2.74 bits per heavy atom. The van der Waals surface area contributed by atoms with Gasteiger partial charge in [-0.1, -0.05) is 26.0 Å². The molecule has 1 aliphatic rings. The fourth-order valence-electron chi connectivity index (χ4n) is 2.62. The molecular weight excluding hydrogens is 236 g/mol. The molecular formula is C16H26N2O. The standard InChI is InChI=1S/C16H26N2O/c1-16(2,11-17)10-14(18(3)4)12-5-6-15-13(9-12)7-8-19-15/h5-6,9,14H,7-8,10-11,17H2,1-4H3. The van der Waals surface area contributed by atoms with Crippen LogP contribution in [-0.2, 0) is 6.42 Å². The molecule has 0 aromatic heterocycles. The van der Waals surface area contributed by atoms with E-state index in [0.717, 1.165) is 25.2 Å². The SMILES string of the molecule is CN(C)C(CC(C)(C)CN)c1ccc2c(c1)CCO2. The first kappa shape index (κ1) is 14.4. The third-order valence-electron chi connectivity index (χ3n) is 4.02. The summed E-state index contributed by atoms with van der Waals surface area (Å²) in [4.78, 5) is 2.29. The lowest BCUT2D eigenvalue weighted by Crippen LogP contribution is -2.31. The molecule has 0 amide bonds. The molecule has 1 aromatic carbocycles. The molecule has 2 N–H and O–H groups in total. The summed E-state index contributed by atoms with van der Waals surface area (Å²) in [5.74, 6) is 1.05. The number of nitrogens with zero attached hydrogens (tertiary/aromatic N) is 1. The lowest BCUT2D eigenvalue weighted by molar-refractivity contribution is 0.202. The van der Waals surface area contributed by atoms with Crippen LogP contribution in [0.4, 0.5) is 0 Å². The molecule has 1 heterocycles. The highest BCUT2D eigenvalue weighted by molar-refractivity contribution is 5.40. The van der Waals surface area contributed by atoms with Crippen molar-refractivity contribution in [2.75, 3.05) is 27.2 Å². The first-order chi connectivity index (χ1) is 8.93. The van der Waals surface area contributed by atoms with E-state index in [9.17, 15) is 0 Å². The summed E-state index contributed by atoms with van der Waals surface area (Å²) in [6.45, 7) is 6.01. The van der Waals surface area contributed by atoms with Gasteiger partial charge in [-0.05, 0) is 49.7 Å². The molecule has 0 spiro atoms. The molecule has 3 heteroatoms. The van der Waals surface area contributed by atoms with Crippen molar-refractivity contribution in [3.05, 3.63) is 29.3 Å². The number of nitrogens with two attached hydrogens (primary N) is 1. The highest BCUT2D eigenvalue weighted by Crippen LogP contribution is 2.35. The van der Waals surface area contributed by atoms with Crippen LogP contribution in [0.5, 0.6) is 5.75 Å². The van der Waals surface area contributed by atoms with Gasteiger partial charge in [0.05, 0.1) is 6.61 Å². The second kappa shape index (κ2) is 5.51. The lowest BCUT2D eigenvalue weighted by atomic mass is 9.83. The maximum atomic E-state index is 5.88. The summed E-state index contributed by atoms with van der Waals surface area (Å²) in [6.07, 6.45) is 2.10.